The Hall–Kier alpha value is -4.42. The monoisotopic (exact) mass is 694 g/mol. The first kappa shape index (κ1) is 39.0. The summed E-state index contributed by atoms with van der Waals surface area (Å²) in [6, 6.07) is 13.4. The van der Waals surface area contributed by atoms with E-state index in [1.165, 1.54) is 6.07 Å². The first-order valence-corrected chi connectivity index (χ1v) is 16.9. The zero-order valence-corrected chi connectivity index (χ0v) is 30.3. The Kier molecular flexibility index (Phi) is 13.8. The Morgan fingerprint density at radius 2 is 1.53 bits per heavy atom. The molecule has 0 spiro atoms. The van der Waals surface area contributed by atoms with Crippen LogP contribution in [0.5, 0.6) is 0 Å². The van der Waals surface area contributed by atoms with Crippen molar-refractivity contribution in [1.82, 2.24) is 19.9 Å². The number of H-pyrrole nitrogens is 1. The van der Waals surface area contributed by atoms with Gasteiger partial charge in [-0.05, 0) is 78.6 Å². The molecule has 4 rings (SSSR count). The number of hydrogen-bond acceptors (Lipinski definition) is 5. The van der Waals surface area contributed by atoms with Gasteiger partial charge in [0.25, 0.3) is 0 Å². The van der Waals surface area contributed by atoms with Crippen molar-refractivity contribution in [1.29, 1.82) is 0 Å². The minimum atomic E-state index is -0.349. The zero-order valence-electron chi connectivity index (χ0n) is 29.5. The SMILES string of the molecule is CC(C)(C)c1cc(CCCCN=C(N)N)cc(F)c1Cl.CC(C)(C)c1cc2cn(-c3ccc(CNCCCN=C(N)N)cc3)c(=O)nc2[nH]1. The summed E-state index contributed by atoms with van der Waals surface area (Å²) in [5, 5.41) is 4.49. The molecule has 4 aromatic rings. The Labute approximate surface area is 293 Å². The molecule has 2 heterocycles. The lowest BCUT2D eigenvalue weighted by atomic mass is 9.85. The van der Waals surface area contributed by atoms with Gasteiger partial charge in [-0.3, -0.25) is 14.6 Å². The number of nitrogens with zero attached hydrogens (tertiary/aromatic N) is 4. The van der Waals surface area contributed by atoms with Gasteiger partial charge in [0.1, 0.15) is 11.5 Å². The van der Waals surface area contributed by atoms with E-state index in [2.05, 4.69) is 52.1 Å². The van der Waals surface area contributed by atoms with Crippen LogP contribution in [0.15, 0.2) is 63.4 Å². The topological polar surface area (TPSA) is 192 Å². The summed E-state index contributed by atoms with van der Waals surface area (Å²) in [5.41, 5.74) is 26.0. The van der Waals surface area contributed by atoms with Gasteiger partial charge in [0.2, 0.25) is 0 Å². The highest BCUT2D eigenvalue weighted by atomic mass is 35.5. The molecule has 2 aromatic carbocycles. The van der Waals surface area contributed by atoms with Crippen molar-refractivity contribution in [2.24, 2.45) is 32.9 Å². The third-order valence-corrected chi connectivity index (χ3v) is 8.11. The van der Waals surface area contributed by atoms with Gasteiger partial charge in [-0.25, -0.2) is 9.18 Å². The van der Waals surface area contributed by atoms with Crippen molar-refractivity contribution in [2.75, 3.05) is 19.6 Å². The van der Waals surface area contributed by atoms with Crippen molar-refractivity contribution in [3.05, 3.63) is 92.4 Å². The molecule has 0 saturated carbocycles. The van der Waals surface area contributed by atoms with Crippen LogP contribution in [0.2, 0.25) is 5.02 Å². The minimum Gasteiger partial charge on any atom is -0.370 e. The first-order valence-electron chi connectivity index (χ1n) is 16.5. The largest absolute Gasteiger partial charge is 0.370 e. The Bertz CT molecular complexity index is 1790. The molecule has 13 heteroatoms. The molecule has 0 aliphatic heterocycles. The predicted molar refractivity (Wildman–Crippen MR) is 201 cm³/mol. The number of aromatic amines is 1. The molecule has 0 saturated heterocycles. The van der Waals surface area contributed by atoms with Crippen molar-refractivity contribution < 1.29 is 4.39 Å². The summed E-state index contributed by atoms with van der Waals surface area (Å²) < 4.78 is 15.4. The molecule has 2 aromatic heterocycles. The van der Waals surface area contributed by atoms with Crippen LogP contribution < -0.4 is 33.9 Å². The number of aryl methyl sites for hydroxylation is 1. The van der Waals surface area contributed by atoms with Crippen molar-refractivity contribution in [3.63, 3.8) is 0 Å². The Morgan fingerprint density at radius 3 is 2.12 bits per heavy atom. The van der Waals surface area contributed by atoms with Gasteiger partial charge in [0.15, 0.2) is 11.9 Å². The molecular weight excluding hydrogens is 643 g/mol. The minimum absolute atomic E-state index is 0.0352. The maximum absolute atomic E-state index is 13.9. The van der Waals surface area contributed by atoms with Gasteiger partial charge in [0, 0.05) is 42.3 Å². The molecule has 0 aliphatic rings. The van der Waals surface area contributed by atoms with E-state index in [1.54, 1.807) is 4.57 Å². The molecule has 0 unspecified atom stereocenters. The molecule has 0 aliphatic carbocycles. The fraction of sp³-hybridized carbons (Fsp3) is 0.444. The number of fused-ring (bicyclic) bond motifs is 1. The van der Waals surface area contributed by atoms with Gasteiger partial charge in [-0.1, -0.05) is 71.3 Å². The smallest absolute Gasteiger partial charge is 0.354 e. The third kappa shape index (κ3) is 12.2. The number of guanidine groups is 2. The summed E-state index contributed by atoms with van der Waals surface area (Å²) in [5.74, 6) is -0.117. The van der Waals surface area contributed by atoms with E-state index < -0.39 is 0 Å². The van der Waals surface area contributed by atoms with Gasteiger partial charge in [-0.15, -0.1) is 0 Å². The van der Waals surface area contributed by atoms with Crippen molar-refractivity contribution >= 4 is 34.6 Å². The van der Waals surface area contributed by atoms with E-state index in [4.69, 9.17) is 34.5 Å². The maximum Gasteiger partial charge on any atom is 0.354 e. The summed E-state index contributed by atoms with van der Waals surface area (Å²) in [6.07, 6.45) is 5.27. The standard InChI is InChI=1S/C21H29N7O.C15H23ClFN3/c1-21(2,3)17-11-15-13-28(20(29)27-18(15)26-17)16-7-5-14(6-8-16)12-24-9-4-10-25-19(22)23;1-15(2,3)11-8-10(9-12(17)13(11)16)6-4-5-7-20-14(18)19/h5-8,11,13,24H,4,9-10,12H2,1-3H3,(H4,22,23,25)(H,26,27,29);8-9H,4-7H2,1-3H3,(H4,18,19,20). The second-order valence-electron chi connectivity index (χ2n) is 14.1. The number of nitrogens with two attached hydrogens (primary N) is 4. The molecule has 0 radical (unpaired) electrons. The quantitative estimate of drug-likeness (QED) is 0.0672. The van der Waals surface area contributed by atoms with Crippen molar-refractivity contribution in [2.45, 2.75) is 84.6 Å². The van der Waals surface area contributed by atoms with Crippen LogP contribution in [-0.4, -0.2) is 46.1 Å². The van der Waals surface area contributed by atoms with Crippen LogP contribution in [0.4, 0.5) is 4.39 Å². The van der Waals surface area contributed by atoms with Gasteiger partial charge >= 0.3 is 5.69 Å². The number of aliphatic imine (C=N–C) groups is 2. The van der Waals surface area contributed by atoms with Gasteiger partial charge in [-0.2, -0.15) is 4.98 Å². The Balaban J connectivity index is 0.000000286. The second kappa shape index (κ2) is 17.3. The lowest BCUT2D eigenvalue weighted by molar-refractivity contribution is 0.569. The number of halogens is 2. The second-order valence-corrected chi connectivity index (χ2v) is 14.5. The molecular formula is C36H52ClFN10O. The number of nitrogens with one attached hydrogen (secondary N) is 2. The molecule has 0 atom stereocenters. The third-order valence-electron chi connectivity index (χ3n) is 7.73. The number of aromatic nitrogens is 3. The fourth-order valence-corrected chi connectivity index (χ4v) is 5.38. The van der Waals surface area contributed by atoms with Crippen LogP contribution in [0.3, 0.4) is 0 Å². The number of benzene rings is 2. The predicted octanol–water partition coefficient (Wildman–Crippen LogP) is 5.14. The molecule has 266 valence electrons. The van der Waals surface area contributed by atoms with Crippen LogP contribution in [0, 0.1) is 5.82 Å². The first-order chi connectivity index (χ1) is 23.0. The normalized spacial score (nSPS) is 11.6. The molecule has 49 heavy (non-hydrogen) atoms. The highest BCUT2D eigenvalue weighted by Crippen LogP contribution is 2.32. The number of unbranched alkanes of at least 4 members (excludes halogenated alkanes) is 1. The summed E-state index contributed by atoms with van der Waals surface area (Å²) >= 11 is 6.05. The van der Waals surface area contributed by atoms with Crippen molar-refractivity contribution in [3.8, 4) is 5.69 Å². The van der Waals surface area contributed by atoms with Crippen LogP contribution >= 0.6 is 11.6 Å². The molecule has 0 bridgehead atoms. The highest BCUT2D eigenvalue weighted by Gasteiger charge is 2.21. The number of rotatable bonds is 12. The summed E-state index contributed by atoms with van der Waals surface area (Å²) in [6.45, 7) is 15.2. The highest BCUT2D eigenvalue weighted by molar-refractivity contribution is 6.31. The van der Waals surface area contributed by atoms with E-state index in [-0.39, 0.29) is 39.3 Å². The molecule has 0 amide bonds. The van der Waals surface area contributed by atoms with E-state index in [1.807, 2.05) is 57.3 Å². The molecule has 10 N–H and O–H groups in total. The number of hydrogen-bond donors (Lipinski definition) is 6. The summed E-state index contributed by atoms with van der Waals surface area (Å²) in [7, 11) is 0. The molecule has 11 nitrogen and oxygen atoms in total. The zero-order chi connectivity index (χ0) is 36.4. The summed E-state index contributed by atoms with van der Waals surface area (Å²) in [4.78, 5) is 27.8. The van der Waals surface area contributed by atoms with E-state index in [0.717, 1.165) is 72.2 Å². The van der Waals surface area contributed by atoms with Gasteiger partial charge < -0.3 is 33.2 Å². The van der Waals surface area contributed by atoms with Gasteiger partial charge in [0.05, 0.1) is 10.7 Å². The molecule has 0 fully saturated rings. The van der Waals surface area contributed by atoms with Crippen LogP contribution in [0.1, 0.15) is 83.2 Å². The average molecular weight is 695 g/mol. The lowest BCUT2D eigenvalue weighted by Gasteiger charge is -2.22. The van der Waals surface area contributed by atoms with Crippen LogP contribution in [-0.2, 0) is 23.8 Å². The van der Waals surface area contributed by atoms with E-state index >= 15 is 0 Å². The average Bonchev–Trinajstić information content (AvgIpc) is 3.43. The maximum atomic E-state index is 13.9. The Morgan fingerprint density at radius 1 is 0.898 bits per heavy atom. The van der Waals surface area contributed by atoms with E-state index in [0.29, 0.717) is 18.7 Å². The lowest BCUT2D eigenvalue weighted by Crippen LogP contribution is -2.23. The van der Waals surface area contributed by atoms with E-state index in [9.17, 15) is 9.18 Å². The fourth-order valence-electron chi connectivity index (χ4n) is 4.99. The van der Waals surface area contributed by atoms with Crippen LogP contribution in [0.25, 0.3) is 16.7 Å².